The Morgan fingerprint density at radius 2 is 1.97 bits per heavy atom. The molecule has 0 aliphatic rings. The van der Waals surface area contributed by atoms with E-state index in [1.807, 2.05) is 61.7 Å². The highest BCUT2D eigenvalue weighted by Crippen LogP contribution is 2.29. The zero-order valence-corrected chi connectivity index (χ0v) is 16.4. The van der Waals surface area contributed by atoms with Crippen molar-refractivity contribution in [3.05, 3.63) is 109 Å². The summed E-state index contributed by atoms with van der Waals surface area (Å²) in [5.41, 5.74) is 6.18. The van der Waals surface area contributed by atoms with Crippen molar-refractivity contribution in [3.8, 4) is 11.4 Å². The SMILES string of the molecule is C=C/C(=C\C(=C/C)c1ccc2[nH]nc(-c3ccc[nH]3)c2c1)OCc1ccccc1. The number of nitrogens with one attached hydrogen (secondary N) is 2. The second-order valence-electron chi connectivity index (χ2n) is 6.69. The lowest BCUT2D eigenvalue weighted by Gasteiger charge is -2.09. The fraction of sp³-hybridized carbons (Fsp3) is 0.0800. The van der Waals surface area contributed by atoms with Crippen LogP contribution in [0.1, 0.15) is 18.1 Å². The van der Waals surface area contributed by atoms with E-state index in [0.29, 0.717) is 6.61 Å². The van der Waals surface area contributed by atoms with Gasteiger partial charge in [-0.05, 0) is 60.0 Å². The van der Waals surface area contributed by atoms with Crippen LogP contribution in [0.3, 0.4) is 0 Å². The Balaban J connectivity index is 1.62. The molecule has 0 spiro atoms. The molecule has 0 unspecified atom stereocenters. The summed E-state index contributed by atoms with van der Waals surface area (Å²) in [5.74, 6) is 0.735. The Hall–Kier alpha value is -3.79. The van der Waals surface area contributed by atoms with Gasteiger partial charge in [0, 0.05) is 11.6 Å². The topological polar surface area (TPSA) is 53.7 Å². The normalized spacial score (nSPS) is 12.3. The average Bonchev–Trinajstić information content (AvgIpc) is 3.44. The van der Waals surface area contributed by atoms with Crippen LogP contribution in [0.5, 0.6) is 0 Å². The highest BCUT2D eigenvalue weighted by molar-refractivity contribution is 5.94. The Morgan fingerprint density at radius 3 is 2.69 bits per heavy atom. The molecule has 4 rings (SSSR count). The fourth-order valence-corrected chi connectivity index (χ4v) is 3.26. The van der Waals surface area contributed by atoms with E-state index in [1.54, 1.807) is 6.08 Å². The predicted octanol–water partition coefficient (Wildman–Crippen LogP) is 6.25. The van der Waals surface area contributed by atoms with Crippen molar-refractivity contribution in [2.45, 2.75) is 13.5 Å². The summed E-state index contributed by atoms with van der Waals surface area (Å²) in [4.78, 5) is 3.23. The van der Waals surface area contributed by atoms with Crippen molar-refractivity contribution >= 4 is 16.5 Å². The molecule has 0 aliphatic heterocycles. The molecular formula is C25H23N3O. The monoisotopic (exact) mass is 381 g/mol. The summed E-state index contributed by atoms with van der Waals surface area (Å²) in [6, 6.07) is 20.4. The van der Waals surface area contributed by atoms with Crippen LogP contribution in [-0.2, 0) is 11.3 Å². The first-order chi connectivity index (χ1) is 14.3. The zero-order valence-electron chi connectivity index (χ0n) is 16.4. The first kappa shape index (κ1) is 18.6. The lowest BCUT2D eigenvalue weighted by Crippen LogP contribution is -1.92. The molecule has 4 aromatic rings. The van der Waals surface area contributed by atoms with E-state index in [4.69, 9.17) is 4.74 Å². The number of hydrogen-bond acceptors (Lipinski definition) is 2. The highest BCUT2D eigenvalue weighted by Gasteiger charge is 2.10. The van der Waals surface area contributed by atoms with Crippen LogP contribution in [-0.4, -0.2) is 15.2 Å². The minimum atomic E-state index is 0.507. The van der Waals surface area contributed by atoms with Crippen molar-refractivity contribution < 1.29 is 4.74 Å². The summed E-state index contributed by atoms with van der Waals surface area (Å²) in [7, 11) is 0. The molecule has 2 N–H and O–H groups in total. The molecule has 0 bridgehead atoms. The van der Waals surface area contributed by atoms with Crippen molar-refractivity contribution in [1.82, 2.24) is 15.2 Å². The number of aromatic nitrogens is 3. The summed E-state index contributed by atoms with van der Waals surface area (Å²) >= 11 is 0. The van der Waals surface area contributed by atoms with Crippen LogP contribution in [0.15, 0.2) is 97.4 Å². The lowest BCUT2D eigenvalue weighted by molar-refractivity contribution is 0.211. The maximum atomic E-state index is 5.96. The summed E-state index contributed by atoms with van der Waals surface area (Å²) in [6.07, 6.45) is 7.74. The van der Waals surface area contributed by atoms with E-state index in [0.717, 1.165) is 44.7 Å². The summed E-state index contributed by atoms with van der Waals surface area (Å²) < 4.78 is 5.96. The largest absolute Gasteiger partial charge is 0.489 e. The Bertz CT molecular complexity index is 1170. The van der Waals surface area contributed by atoms with Gasteiger partial charge in [0.2, 0.25) is 0 Å². The Labute approximate surface area is 170 Å². The first-order valence-corrected chi connectivity index (χ1v) is 9.58. The van der Waals surface area contributed by atoms with E-state index in [-0.39, 0.29) is 0 Å². The van der Waals surface area contributed by atoms with Crippen molar-refractivity contribution in [3.63, 3.8) is 0 Å². The van der Waals surface area contributed by atoms with Gasteiger partial charge >= 0.3 is 0 Å². The van der Waals surface area contributed by atoms with Gasteiger partial charge in [-0.3, -0.25) is 5.10 Å². The van der Waals surface area contributed by atoms with Crippen LogP contribution >= 0.6 is 0 Å². The number of aromatic amines is 2. The van der Waals surface area contributed by atoms with Gasteiger partial charge < -0.3 is 9.72 Å². The molecule has 2 heterocycles. The molecular weight excluding hydrogens is 358 g/mol. The van der Waals surface area contributed by atoms with Crippen LogP contribution in [0.2, 0.25) is 0 Å². The Morgan fingerprint density at radius 1 is 1.10 bits per heavy atom. The average molecular weight is 381 g/mol. The first-order valence-electron chi connectivity index (χ1n) is 9.58. The number of allylic oxidation sites excluding steroid dienone is 4. The molecule has 0 amide bonds. The highest BCUT2D eigenvalue weighted by atomic mass is 16.5. The van der Waals surface area contributed by atoms with Gasteiger partial charge in [0.1, 0.15) is 18.1 Å². The number of H-pyrrole nitrogens is 2. The molecule has 0 radical (unpaired) electrons. The number of fused-ring (bicyclic) bond motifs is 1. The van der Waals surface area contributed by atoms with Gasteiger partial charge in [-0.1, -0.05) is 49.1 Å². The maximum Gasteiger partial charge on any atom is 0.119 e. The van der Waals surface area contributed by atoms with E-state index < -0.39 is 0 Å². The molecule has 144 valence electrons. The fourth-order valence-electron chi connectivity index (χ4n) is 3.26. The van der Waals surface area contributed by atoms with Gasteiger partial charge in [-0.2, -0.15) is 5.10 Å². The van der Waals surface area contributed by atoms with Gasteiger partial charge in [0.15, 0.2) is 0 Å². The van der Waals surface area contributed by atoms with Crippen LogP contribution < -0.4 is 0 Å². The summed E-state index contributed by atoms with van der Waals surface area (Å²) in [5, 5.41) is 8.65. The van der Waals surface area contributed by atoms with Gasteiger partial charge in [0.05, 0.1) is 11.2 Å². The van der Waals surface area contributed by atoms with Crippen LogP contribution in [0.4, 0.5) is 0 Å². The molecule has 2 aromatic carbocycles. The molecule has 2 aromatic heterocycles. The van der Waals surface area contributed by atoms with Gasteiger partial charge in [0.25, 0.3) is 0 Å². The minimum absolute atomic E-state index is 0.507. The third-order valence-corrected chi connectivity index (χ3v) is 4.81. The van der Waals surface area contributed by atoms with Crippen molar-refractivity contribution in [1.29, 1.82) is 0 Å². The molecule has 0 saturated heterocycles. The number of ether oxygens (including phenoxy) is 1. The van der Waals surface area contributed by atoms with E-state index in [9.17, 15) is 0 Å². The Kier molecular flexibility index (Phi) is 5.43. The third-order valence-electron chi connectivity index (χ3n) is 4.81. The van der Waals surface area contributed by atoms with Gasteiger partial charge in [-0.25, -0.2) is 0 Å². The predicted molar refractivity (Wildman–Crippen MR) is 119 cm³/mol. The minimum Gasteiger partial charge on any atom is -0.489 e. The van der Waals surface area contributed by atoms with Crippen LogP contribution in [0.25, 0.3) is 27.9 Å². The number of hydrogen-bond donors (Lipinski definition) is 2. The molecule has 0 saturated carbocycles. The molecule has 0 fully saturated rings. The van der Waals surface area contributed by atoms with E-state index in [2.05, 4.69) is 46.0 Å². The quantitative estimate of drug-likeness (QED) is 0.294. The lowest BCUT2D eigenvalue weighted by atomic mass is 10.0. The number of benzene rings is 2. The van der Waals surface area contributed by atoms with Crippen LogP contribution in [0, 0.1) is 0 Å². The molecule has 4 nitrogen and oxygen atoms in total. The molecule has 0 aliphatic carbocycles. The second kappa shape index (κ2) is 8.48. The molecule has 4 heteroatoms. The van der Waals surface area contributed by atoms with E-state index in [1.165, 1.54) is 0 Å². The third kappa shape index (κ3) is 4.06. The van der Waals surface area contributed by atoms with Crippen molar-refractivity contribution in [2.24, 2.45) is 0 Å². The maximum absolute atomic E-state index is 5.96. The molecule has 0 atom stereocenters. The smallest absolute Gasteiger partial charge is 0.119 e. The molecule has 29 heavy (non-hydrogen) atoms. The number of rotatable bonds is 7. The second-order valence-corrected chi connectivity index (χ2v) is 6.69. The van der Waals surface area contributed by atoms with Crippen molar-refractivity contribution in [2.75, 3.05) is 0 Å². The zero-order chi connectivity index (χ0) is 20.1. The van der Waals surface area contributed by atoms with Gasteiger partial charge in [-0.15, -0.1) is 0 Å². The summed E-state index contributed by atoms with van der Waals surface area (Å²) in [6.45, 7) is 6.43. The standard InChI is InChI=1S/C25H23N3O/c1-3-19(15-21(4-2)29-17-18-9-6-5-7-10-18)20-12-13-23-22(16-20)25(28-27-23)24-11-8-14-26-24/h3-16,26H,2,17H2,1H3,(H,27,28)/b19-3+,21-15+. The number of nitrogens with zero attached hydrogens (tertiary/aromatic N) is 1. The van der Waals surface area contributed by atoms with E-state index >= 15 is 0 Å².